The zero-order valence-electron chi connectivity index (χ0n) is 9.43. The van der Waals surface area contributed by atoms with Gasteiger partial charge in [0.05, 0.1) is 18.8 Å². The van der Waals surface area contributed by atoms with Gasteiger partial charge in [0.1, 0.15) is 5.72 Å². The monoisotopic (exact) mass is 217 g/mol. The first-order valence-electron chi connectivity index (χ1n) is 5.22. The molecule has 1 amide bonds. The zero-order valence-corrected chi connectivity index (χ0v) is 9.43. The Morgan fingerprint density at radius 1 is 1.67 bits per heavy atom. The highest BCUT2D eigenvalue weighted by Crippen LogP contribution is 2.29. The quantitative estimate of drug-likeness (QED) is 0.746. The molecule has 15 heavy (non-hydrogen) atoms. The van der Waals surface area contributed by atoms with Gasteiger partial charge in [-0.2, -0.15) is 0 Å². The normalized spacial score (nSPS) is 26.7. The molecule has 0 radical (unpaired) electrons. The molecule has 1 unspecified atom stereocenters. The Labute approximate surface area is 89.6 Å². The van der Waals surface area contributed by atoms with Crippen molar-refractivity contribution in [2.45, 2.75) is 51.5 Å². The van der Waals surface area contributed by atoms with E-state index in [2.05, 4.69) is 0 Å². The molecule has 1 aliphatic rings. The van der Waals surface area contributed by atoms with Crippen LogP contribution in [0.2, 0.25) is 0 Å². The minimum absolute atomic E-state index is 0.243. The minimum Gasteiger partial charge on any atom is -0.465 e. The van der Waals surface area contributed by atoms with E-state index >= 15 is 0 Å². The van der Waals surface area contributed by atoms with E-state index in [0.29, 0.717) is 19.4 Å². The smallest absolute Gasteiger partial charge is 0.409 e. The van der Waals surface area contributed by atoms with Gasteiger partial charge in [0.15, 0.2) is 0 Å². The molecule has 1 heterocycles. The third-order valence-corrected chi connectivity index (χ3v) is 2.80. The van der Waals surface area contributed by atoms with Crippen LogP contribution in [0.15, 0.2) is 0 Å². The first-order valence-corrected chi connectivity index (χ1v) is 5.22. The second-order valence-electron chi connectivity index (χ2n) is 4.36. The molecule has 2 N–H and O–H groups in total. The van der Waals surface area contributed by atoms with Crippen LogP contribution >= 0.6 is 0 Å². The van der Waals surface area contributed by atoms with Crippen LogP contribution in [0.1, 0.15) is 33.6 Å². The van der Waals surface area contributed by atoms with Gasteiger partial charge in [-0.3, -0.25) is 4.90 Å². The number of hydrogen-bond donors (Lipinski definition) is 2. The molecule has 0 aliphatic carbocycles. The summed E-state index contributed by atoms with van der Waals surface area (Å²) in [6, 6.07) is -0.243. The maximum Gasteiger partial charge on any atom is 0.409 e. The number of aliphatic hydroxyl groups excluding tert-OH is 1. The number of carboxylic acid groups (broad SMARTS) is 1. The molecule has 0 aromatic carbocycles. The van der Waals surface area contributed by atoms with Gasteiger partial charge in [0.2, 0.25) is 0 Å². The fourth-order valence-corrected chi connectivity index (χ4v) is 1.92. The predicted octanol–water partition coefficient (Wildman–Crippen LogP) is 1.26. The number of amides is 1. The molecule has 0 aromatic heterocycles. The van der Waals surface area contributed by atoms with Crippen molar-refractivity contribution < 1.29 is 19.7 Å². The van der Waals surface area contributed by atoms with Crippen LogP contribution in [-0.4, -0.2) is 45.7 Å². The molecule has 5 nitrogen and oxygen atoms in total. The number of ether oxygens (including phenoxy) is 1. The Hall–Kier alpha value is -0.810. The number of aliphatic hydroxyl groups is 1. The van der Waals surface area contributed by atoms with Gasteiger partial charge in [-0.1, -0.05) is 6.92 Å². The zero-order chi connectivity index (χ0) is 11.6. The van der Waals surface area contributed by atoms with Crippen molar-refractivity contribution in [3.05, 3.63) is 0 Å². The van der Waals surface area contributed by atoms with E-state index in [1.807, 2.05) is 6.92 Å². The summed E-state index contributed by atoms with van der Waals surface area (Å²) in [6.07, 6.45) is -0.392. The molecule has 5 heteroatoms. The van der Waals surface area contributed by atoms with Crippen LogP contribution in [0, 0.1) is 0 Å². The van der Waals surface area contributed by atoms with E-state index in [9.17, 15) is 9.90 Å². The van der Waals surface area contributed by atoms with E-state index in [1.54, 1.807) is 13.8 Å². The summed E-state index contributed by atoms with van der Waals surface area (Å²) in [7, 11) is 0. The van der Waals surface area contributed by atoms with Crippen molar-refractivity contribution in [3.63, 3.8) is 0 Å². The third kappa shape index (κ3) is 2.60. The predicted molar refractivity (Wildman–Crippen MR) is 54.6 cm³/mol. The Morgan fingerprint density at radius 2 is 2.27 bits per heavy atom. The summed E-state index contributed by atoms with van der Waals surface area (Å²) in [5, 5.41) is 18.6. The van der Waals surface area contributed by atoms with Crippen LogP contribution in [-0.2, 0) is 4.74 Å². The molecule has 0 saturated carbocycles. The van der Waals surface area contributed by atoms with Crippen LogP contribution in [0.4, 0.5) is 4.79 Å². The third-order valence-electron chi connectivity index (χ3n) is 2.80. The van der Waals surface area contributed by atoms with Crippen LogP contribution in [0.5, 0.6) is 0 Å². The van der Waals surface area contributed by atoms with Crippen molar-refractivity contribution in [1.82, 2.24) is 4.90 Å². The van der Waals surface area contributed by atoms with Gasteiger partial charge >= 0.3 is 6.09 Å². The van der Waals surface area contributed by atoms with Gasteiger partial charge in [-0.15, -0.1) is 0 Å². The highest BCUT2D eigenvalue weighted by molar-refractivity contribution is 5.66. The van der Waals surface area contributed by atoms with Crippen LogP contribution in [0.25, 0.3) is 0 Å². The largest absolute Gasteiger partial charge is 0.465 e. The highest BCUT2D eigenvalue weighted by atomic mass is 16.5. The number of rotatable bonds is 3. The standard InChI is InChI=1S/C10H19NO4/c1-4-8(12)5-7-6-15-10(2,3)11(7)9(13)14/h7-8,12H,4-6H2,1-3H3,(H,13,14)/t7?,8-/m0/s1. The Balaban J connectivity index is 2.70. The van der Waals surface area contributed by atoms with Gasteiger partial charge < -0.3 is 14.9 Å². The van der Waals surface area contributed by atoms with E-state index in [0.717, 1.165) is 0 Å². The van der Waals surface area contributed by atoms with Crippen molar-refractivity contribution in [2.75, 3.05) is 6.61 Å². The SMILES string of the molecule is CC[C@H](O)CC1COC(C)(C)N1C(=O)O. The van der Waals surface area contributed by atoms with Crippen molar-refractivity contribution in [1.29, 1.82) is 0 Å². The summed E-state index contributed by atoms with van der Waals surface area (Å²) < 4.78 is 5.41. The lowest BCUT2D eigenvalue weighted by atomic mass is 10.1. The molecule has 88 valence electrons. The average molecular weight is 217 g/mol. The first-order chi connectivity index (χ1) is 6.88. The maximum absolute atomic E-state index is 11.1. The second kappa shape index (κ2) is 4.37. The van der Waals surface area contributed by atoms with E-state index in [4.69, 9.17) is 9.84 Å². The lowest BCUT2D eigenvalue weighted by Gasteiger charge is -2.31. The van der Waals surface area contributed by atoms with Crippen LogP contribution < -0.4 is 0 Å². The number of hydrogen-bond acceptors (Lipinski definition) is 3. The van der Waals surface area contributed by atoms with Gasteiger partial charge in [-0.05, 0) is 26.7 Å². The maximum atomic E-state index is 11.1. The van der Waals surface area contributed by atoms with E-state index in [1.165, 1.54) is 4.90 Å². The molecular weight excluding hydrogens is 198 g/mol. The summed E-state index contributed by atoms with van der Waals surface area (Å²) in [4.78, 5) is 12.3. The molecule has 1 rings (SSSR count). The lowest BCUT2D eigenvalue weighted by molar-refractivity contribution is -0.0430. The summed E-state index contributed by atoms with van der Waals surface area (Å²) in [6.45, 7) is 5.67. The molecule has 0 spiro atoms. The van der Waals surface area contributed by atoms with Crippen LogP contribution in [0.3, 0.4) is 0 Å². The summed E-state index contributed by atoms with van der Waals surface area (Å²) in [5.41, 5.74) is -0.788. The van der Waals surface area contributed by atoms with E-state index in [-0.39, 0.29) is 6.04 Å². The topological polar surface area (TPSA) is 70.0 Å². The Kier molecular flexibility index (Phi) is 3.57. The Bertz CT molecular complexity index is 242. The second-order valence-corrected chi connectivity index (χ2v) is 4.36. The van der Waals surface area contributed by atoms with Gasteiger partial charge in [0, 0.05) is 0 Å². The van der Waals surface area contributed by atoms with Crippen molar-refractivity contribution >= 4 is 6.09 Å². The first kappa shape index (κ1) is 12.3. The fourth-order valence-electron chi connectivity index (χ4n) is 1.92. The van der Waals surface area contributed by atoms with E-state index < -0.39 is 17.9 Å². The Morgan fingerprint density at radius 3 is 2.73 bits per heavy atom. The summed E-state index contributed by atoms with van der Waals surface area (Å²) >= 11 is 0. The van der Waals surface area contributed by atoms with Crippen molar-refractivity contribution in [3.8, 4) is 0 Å². The molecule has 0 bridgehead atoms. The molecular formula is C10H19NO4. The minimum atomic E-state index is -0.995. The van der Waals surface area contributed by atoms with Gasteiger partial charge in [-0.25, -0.2) is 4.79 Å². The highest BCUT2D eigenvalue weighted by Gasteiger charge is 2.44. The molecule has 1 saturated heterocycles. The fraction of sp³-hybridized carbons (Fsp3) is 0.900. The van der Waals surface area contributed by atoms with Crippen molar-refractivity contribution in [2.24, 2.45) is 0 Å². The number of nitrogens with zero attached hydrogens (tertiary/aromatic N) is 1. The molecule has 1 aliphatic heterocycles. The molecule has 0 aromatic rings. The number of carbonyl (C=O) groups is 1. The molecule has 1 fully saturated rings. The average Bonchev–Trinajstić information content (AvgIpc) is 2.41. The summed E-state index contributed by atoms with van der Waals surface area (Å²) in [5.74, 6) is 0. The lowest BCUT2D eigenvalue weighted by Crippen LogP contribution is -2.48. The molecule has 2 atom stereocenters. The van der Waals surface area contributed by atoms with Gasteiger partial charge in [0.25, 0.3) is 0 Å².